The summed E-state index contributed by atoms with van der Waals surface area (Å²) in [6.45, 7) is 1.40. The van der Waals surface area contributed by atoms with Gasteiger partial charge in [0.15, 0.2) is 0 Å². The highest BCUT2D eigenvalue weighted by molar-refractivity contribution is 5.92. The molecule has 1 saturated heterocycles. The molecule has 3 rings (SSSR count). The van der Waals surface area contributed by atoms with Gasteiger partial charge < -0.3 is 20.3 Å². The molecule has 0 bridgehead atoms. The first-order chi connectivity index (χ1) is 12.1. The van der Waals surface area contributed by atoms with Crippen molar-refractivity contribution in [1.29, 1.82) is 0 Å². The Hall–Kier alpha value is -2.57. The summed E-state index contributed by atoms with van der Waals surface area (Å²) >= 11 is 0. The Morgan fingerprint density at radius 1 is 1.04 bits per heavy atom. The number of benzene rings is 1. The summed E-state index contributed by atoms with van der Waals surface area (Å²) in [4.78, 5) is 37.4. The molecule has 3 amide bonds. The molecule has 0 atom stereocenters. The summed E-state index contributed by atoms with van der Waals surface area (Å²) in [5, 5.41) is 5.69. The minimum absolute atomic E-state index is 0.0672. The van der Waals surface area contributed by atoms with Crippen LogP contribution in [0.3, 0.4) is 0 Å². The van der Waals surface area contributed by atoms with E-state index in [0.717, 1.165) is 25.7 Å². The Labute approximate surface area is 146 Å². The molecule has 1 aliphatic carbocycles. The van der Waals surface area contributed by atoms with E-state index in [2.05, 4.69) is 15.4 Å². The summed E-state index contributed by atoms with van der Waals surface area (Å²) in [5.41, 5.74) is 1.03. The van der Waals surface area contributed by atoms with E-state index in [1.54, 1.807) is 24.3 Å². The summed E-state index contributed by atoms with van der Waals surface area (Å²) in [6, 6.07) is 6.30. The number of carbonyl (C=O) groups is 3. The third-order valence-corrected chi connectivity index (χ3v) is 4.63. The summed E-state index contributed by atoms with van der Waals surface area (Å²) < 4.78 is 4.64. The minimum Gasteiger partial charge on any atom is -0.465 e. The molecule has 7 heteroatoms. The van der Waals surface area contributed by atoms with Crippen molar-refractivity contribution in [2.24, 2.45) is 5.92 Å². The first-order valence-corrected chi connectivity index (χ1v) is 8.61. The molecule has 25 heavy (non-hydrogen) atoms. The average Bonchev–Trinajstić information content (AvgIpc) is 3.47. The quantitative estimate of drug-likeness (QED) is 0.817. The van der Waals surface area contributed by atoms with Crippen LogP contribution in [-0.2, 0) is 9.53 Å². The van der Waals surface area contributed by atoms with Gasteiger partial charge in [-0.25, -0.2) is 9.59 Å². The maximum absolute atomic E-state index is 12.1. The topological polar surface area (TPSA) is 87.7 Å². The molecule has 0 spiro atoms. The van der Waals surface area contributed by atoms with E-state index in [4.69, 9.17) is 0 Å². The Balaban J connectivity index is 1.43. The number of hydrogen-bond acceptors (Lipinski definition) is 4. The van der Waals surface area contributed by atoms with Crippen molar-refractivity contribution in [3.63, 3.8) is 0 Å². The number of piperidine rings is 1. The number of nitrogens with one attached hydrogen (secondary N) is 2. The number of urea groups is 1. The Morgan fingerprint density at radius 2 is 1.68 bits per heavy atom. The van der Waals surface area contributed by atoms with Crippen LogP contribution in [-0.4, -0.2) is 49.0 Å². The van der Waals surface area contributed by atoms with Crippen molar-refractivity contribution in [2.75, 3.05) is 25.5 Å². The van der Waals surface area contributed by atoms with Crippen molar-refractivity contribution in [3.8, 4) is 0 Å². The Bertz CT molecular complexity index is 647. The number of hydrogen-bond donors (Lipinski definition) is 2. The predicted octanol–water partition coefficient (Wildman–Crippen LogP) is 2.00. The van der Waals surface area contributed by atoms with Crippen LogP contribution in [0, 0.1) is 5.92 Å². The number of likely N-dealkylation sites (tertiary alicyclic amines) is 1. The summed E-state index contributed by atoms with van der Waals surface area (Å²) in [7, 11) is 1.32. The normalized spacial score (nSPS) is 17.7. The van der Waals surface area contributed by atoms with Crippen LogP contribution in [0.25, 0.3) is 0 Å². The van der Waals surface area contributed by atoms with Crippen LogP contribution >= 0.6 is 0 Å². The first kappa shape index (κ1) is 17.3. The van der Waals surface area contributed by atoms with Crippen molar-refractivity contribution in [1.82, 2.24) is 10.2 Å². The van der Waals surface area contributed by atoms with E-state index in [0.29, 0.717) is 24.3 Å². The third-order valence-electron chi connectivity index (χ3n) is 4.63. The average molecular weight is 345 g/mol. The lowest BCUT2D eigenvalue weighted by Crippen LogP contribution is -2.47. The standard InChI is InChI=1S/C18H23N3O4/c1-25-17(23)13-4-6-14(7-5-13)19-18(24)20-15-8-10-21(11-9-15)16(22)12-2-3-12/h4-7,12,15H,2-3,8-11H2,1H3,(H2,19,20,24). The molecule has 1 heterocycles. The maximum Gasteiger partial charge on any atom is 0.337 e. The number of amides is 3. The van der Waals surface area contributed by atoms with Crippen molar-refractivity contribution in [2.45, 2.75) is 31.7 Å². The highest BCUT2D eigenvalue weighted by Crippen LogP contribution is 2.31. The Kier molecular flexibility index (Phi) is 5.21. The van der Waals surface area contributed by atoms with E-state index in [9.17, 15) is 14.4 Å². The highest BCUT2D eigenvalue weighted by Gasteiger charge is 2.35. The van der Waals surface area contributed by atoms with Gasteiger partial charge >= 0.3 is 12.0 Å². The third kappa shape index (κ3) is 4.49. The largest absolute Gasteiger partial charge is 0.465 e. The fourth-order valence-electron chi connectivity index (χ4n) is 2.99. The fourth-order valence-corrected chi connectivity index (χ4v) is 2.99. The van der Waals surface area contributed by atoms with Gasteiger partial charge in [-0.05, 0) is 49.9 Å². The summed E-state index contributed by atoms with van der Waals surface area (Å²) in [5.74, 6) is 0.109. The van der Waals surface area contributed by atoms with Gasteiger partial charge in [0.05, 0.1) is 12.7 Å². The number of nitrogens with zero attached hydrogens (tertiary/aromatic N) is 1. The van der Waals surface area contributed by atoms with Gasteiger partial charge in [-0.3, -0.25) is 4.79 Å². The van der Waals surface area contributed by atoms with E-state index in [1.807, 2.05) is 4.90 Å². The van der Waals surface area contributed by atoms with Crippen LogP contribution in [0.4, 0.5) is 10.5 Å². The smallest absolute Gasteiger partial charge is 0.337 e. The molecule has 2 aliphatic rings. The minimum atomic E-state index is -0.413. The van der Waals surface area contributed by atoms with Crippen LogP contribution in [0.1, 0.15) is 36.0 Å². The van der Waals surface area contributed by atoms with Gasteiger partial charge in [0.1, 0.15) is 0 Å². The van der Waals surface area contributed by atoms with Gasteiger partial charge in [-0.1, -0.05) is 0 Å². The first-order valence-electron chi connectivity index (χ1n) is 8.61. The zero-order valence-corrected chi connectivity index (χ0v) is 14.3. The summed E-state index contributed by atoms with van der Waals surface area (Å²) in [6.07, 6.45) is 3.59. The lowest BCUT2D eigenvalue weighted by atomic mass is 10.0. The van der Waals surface area contributed by atoms with Crippen LogP contribution in [0.5, 0.6) is 0 Å². The molecule has 1 saturated carbocycles. The molecule has 1 aromatic carbocycles. The molecule has 1 aliphatic heterocycles. The van der Waals surface area contributed by atoms with Gasteiger partial charge in [0.25, 0.3) is 0 Å². The van der Waals surface area contributed by atoms with Gasteiger partial charge in [0.2, 0.25) is 5.91 Å². The molecular formula is C18H23N3O4. The lowest BCUT2D eigenvalue weighted by Gasteiger charge is -2.32. The molecule has 2 fully saturated rings. The SMILES string of the molecule is COC(=O)c1ccc(NC(=O)NC2CCN(C(=O)C3CC3)CC2)cc1. The van der Waals surface area contributed by atoms with Crippen LogP contribution in [0.2, 0.25) is 0 Å². The second-order valence-electron chi connectivity index (χ2n) is 6.54. The van der Waals surface area contributed by atoms with Gasteiger partial charge in [-0.2, -0.15) is 0 Å². The number of anilines is 1. The predicted molar refractivity (Wildman–Crippen MR) is 92.3 cm³/mol. The van der Waals surface area contributed by atoms with Crippen molar-refractivity contribution < 1.29 is 19.1 Å². The van der Waals surface area contributed by atoms with Crippen molar-refractivity contribution >= 4 is 23.6 Å². The second kappa shape index (κ2) is 7.55. The van der Waals surface area contributed by atoms with Crippen LogP contribution < -0.4 is 10.6 Å². The molecule has 0 radical (unpaired) electrons. The molecule has 0 aromatic heterocycles. The van der Waals surface area contributed by atoms with Crippen LogP contribution in [0.15, 0.2) is 24.3 Å². The zero-order chi connectivity index (χ0) is 17.8. The second-order valence-corrected chi connectivity index (χ2v) is 6.54. The monoisotopic (exact) mass is 345 g/mol. The highest BCUT2D eigenvalue weighted by atomic mass is 16.5. The number of rotatable bonds is 4. The van der Waals surface area contributed by atoms with Gasteiger partial charge in [-0.15, -0.1) is 0 Å². The molecule has 2 N–H and O–H groups in total. The molecule has 0 unspecified atom stereocenters. The fraction of sp³-hybridized carbons (Fsp3) is 0.500. The molecule has 1 aromatic rings. The van der Waals surface area contributed by atoms with Gasteiger partial charge in [0, 0.05) is 30.7 Å². The number of carbonyl (C=O) groups excluding carboxylic acids is 3. The van der Waals surface area contributed by atoms with E-state index in [1.165, 1.54) is 7.11 Å². The lowest BCUT2D eigenvalue weighted by molar-refractivity contribution is -0.133. The number of esters is 1. The Morgan fingerprint density at radius 3 is 2.24 bits per heavy atom. The van der Waals surface area contributed by atoms with Crippen molar-refractivity contribution in [3.05, 3.63) is 29.8 Å². The van der Waals surface area contributed by atoms with E-state index < -0.39 is 5.97 Å². The number of methoxy groups -OCH3 is 1. The molecule has 134 valence electrons. The van der Waals surface area contributed by atoms with E-state index >= 15 is 0 Å². The zero-order valence-electron chi connectivity index (χ0n) is 14.3. The molecule has 7 nitrogen and oxygen atoms in total. The molecular weight excluding hydrogens is 322 g/mol. The number of ether oxygens (including phenoxy) is 1. The maximum atomic E-state index is 12.1. The van der Waals surface area contributed by atoms with E-state index in [-0.39, 0.29) is 23.9 Å².